The molecule has 5 nitrogen and oxygen atoms in total. The van der Waals surface area contributed by atoms with Crippen LogP contribution in [0.5, 0.6) is 0 Å². The molecular weight excluding hydrogens is 354 g/mol. The van der Waals surface area contributed by atoms with Gasteiger partial charge in [0, 0.05) is 12.0 Å². The minimum atomic E-state index is -0.934. The van der Waals surface area contributed by atoms with Crippen molar-refractivity contribution < 1.29 is 19.4 Å². The summed E-state index contributed by atoms with van der Waals surface area (Å²) in [6.07, 6.45) is -0.690. The van der Waals surface area contributed by atoms with Crippen molar-refractivity contribution in [2.45, 2.75) is 39.2 Å². The van der Waals surface area contributed by atoms with Crippen LogP contribution in [0.2, 0.25) is 0 Å². The van der Waals surface area contributed by atoms with Gasteiger partial charge < -0.3 is 15.2 Å². The number of aliphatic carboxylic acids is 1. The third-order valence-corrected chi connectivity index (χ3v) is 5.73. The lowest BCUT2D eigenvalue weighted by Crippen LogP contribution is -2.43. The molecule has 0 fully saturated rings. The number of carboxylic acids is 1. The van der Waals surface area contributed by atoms with E-state index in [1.807, 2.05) is 45.0 Å². The quantitative estimate of drug-likeness (QED) is 0.731. The average Bonchev–Trinajstić information content (AvgIpc) is 2.99. The molecule has 2 N–H and O–H groups in total. The van der Waals surface area contributed by atoms with Gasteiger partial charge in [-0.1, -0.05) is 69.3 Å². The predicted octanol–water partition coefficient (Wildman–Crippen LogP) is 4.66. The number of rotatable bonds is 7. The van der Waals surface area contributed by atoms with E-state index < -0.39 is 18.1 Å². The summed E-state index contributed by atoms with van der Waals surface area (Å²) in [5, 5.41) is 11.9. The van der Waals surface area contributed by atoms with Crippen molar-refractivity contribution in [3.63, 3.8) is 0 Å². The number of hydrogen-bond acceptors (Lipinski definition) is 3. The molecule has 0 saturated heterocycles. The number of benzene rings is 2. The molecule has 2 aromatic rings. The van der Waals surface area contributed by atoms with E-state index in [-0.39, 0.29) is 30.8 Å². The van der Waals surface area contributed by atoms with Crippen molar-refractivity contribution in [2.75, 3.05) is 6.61 Å². The highest BCUT2D eigenvalue weighted by atomic mass is 16.5. The van der Waals surface area contributed by atoms with Crippen LogP contribution >= 0.6 is 0 Å². The van der Waals surface area contributed by atoms with Crippen LogP contribution in [0.1, 0.15) is 44.2 Å². The van der Waals surface area contributed by atoms with Crippen molar-refractivity contribution in [3.05, 3.63) is 59.7 Å². The normalized spacial score (nSPS) is 14.9. The zero-order valence-electron chi connectivity index (χ0n) is 16.5. The first kappa shape index (κ1) is 19.9. The van der Waals surface area contributed by atoms with Gasteiger partial charge in [-0.15, -0.1) is 0 Å². The van der Waals surface area contributed by atoms with E-state index in [2.05, 4.69) is 29.6 Å². The number of amides is 1. The summed E-state index contributed by atoms with van der Waals surface area (Å²) in [5.41, 5.74) is 4.64. The number of nitrogens with one attached hydrogen (secondary N) is 1. The highest BCUT2D eigenvalue weighted by Gasteiger charge is 2.30. The third-order valence-electron chi connectivity index (χ3n) is 5.73. The number of fused-ring (bicyclic) bond motifs is 3. The molecule has 0 radical (unpaired) electrons. The van der Waals surface area contributed by atoms with Crippen LogP contribution in [0.25, 0.3) is 11.1 Å². The summed E-state index contributed by atoms with van der Waals surface area (Å²) in [7, 11) is 0. The zero-order chi connectivity index (χ0) is 20.3. The first-order valence-electron chi connectivity index (χ1n) is 9.71. The lowest BCUT2D eigenvalue weighted by atomic mass is 9.88. The van der Waals surface area contributed by atoms with Gasteiger partial charge in [-0.05, 0) is 34.1 Å². The Bertz CT molecular complexity index is 816. The second-order valence-electron chi connectivity index (χ2n) is 7.78. The zero-order valence-corrected chi connectivity index (χ0v) is 16.5. The van der Waals surface area contributed by atoms with Gasteiger partial charge in [-0.25, -0.2) is 4.79 Å². The van der Waals surface area contributed by atoms with E-state index >= 15 is 0 Å². The summed E-state index contributed by atoms with van der Waals surface area (Å²) in [5.74, 6) is -0.676. The van der Waals surface area contributed by atoms with Crippen LogP contribution in [0.15, 0.2) is 48.5 Å². The fourth-order valence-electron chi connectivity index (χ4n) is 3.81. The number of carbonyl (C=O) groups excluding carboxylic acids is 1. The molecule has 0 saturated carbocycles. The summed E-state index contributed by atoms with van der Waals surface area (Å²) < 4.78 is 5.54. The molecule has 2 aromatic carbocycles. The molecule has 148 valence electrons. The molecule has 1 unspecified atom stereocenters. The Kier molecular flexibility index (Phi) is 6.02. The molecule has 0 aromatic heterocycles. The molecule has 0 bridgehead atoms. The SMILES string of the molecule is CC(C)C(C)[C@H](CC(=O)O)NC(=O)OCC1c2ccccc2-c2ccccc21. The molecule has 0 heterocycles. The standard InChI is InChI=1S/C23H27NO4/c1-14(2)15(3)21(12-22(25)26)24-23(27)28-13-20-18-10-6-4-8-16(18)17-9-5-7-11-19(17)20/h4-11,14-15,20-21H,12-13H2,1-3H3,(H,24,27)(H,25,26)/t15?,21-/m0/s1. The maximum absolute atomic E-state index is 12.4. The molecule has 28 heavy (non-hydrogen) atoms. The van der Waals surface area contributed by atoms with E-state index in [1.165, 1.54) is 11.1 Å². The third kappa shape index (κ3) is 4.19. The smallest absolute Gasteiger partial charge is 0.407 e. The Morgan fingerprint density at radius 3 is 2.04 bits per heavy atom. The van der Waals surface area contributed by atoms with Crippen LogP contribution in [0.4, 0.5) is 4.79 Å². The van der Waals surface area contributed by atoms with E-state index in [1.54, 1.807) is 0 Å². The van der Waals surface area contributed by atoms with Crippen LogP contribution < -0.4 is 5.32 Å². The molecule has 1 aliphatic rings. The van der Waals surface area contributed by atoms with Gasteiger partial charge in [0.05, 0.1) is 6.42 Å². The minimum absolute atomic E-state index is 0.0152. The average molecular weight is 381 g/mol. The first-order valence-corrected chi connectivity index (χ1v) is 9.71. The Morgan fingerprint density at radius 2 is 1.54 bits per heavy atom. The Labute approximate surface area is 165 Å². The molecule has 5 heteroatoms. The second kappa shape index (κ2) is 8.46. The monoisotopic (exact) mass is 381 g/mol. The van der Waals surface area contributed by atoms with Crippen molar-refractivity contribution >= 4 is 12.1 Å². The van der Waals surface area contributed by atoms with Gasteiger partial charge in [0.1, 0.15) is 6.61 Å². The number of carboxylic acid groups (broad SMARTS) is 1. The Balaban J connectivity index is 1.69. The van der Waals surface area contributed by atoms with Crippen molar-refractivity contribution in [1.82, 2.24) is 5.32 Å². The van der Waals surface area contributed by atoms with Gasteiger partial charge in [-0.3, -0.25) is 4.79 Å². The second-order valence-corrected chi connectivity index (χ2v) is 7.78. The summed E-state index contributed by atoms with van der Waals surface area (Å²) in [6, 6.07) is 15.8. The molecule has 2 atom stereocenters. The summed E-state index contributed by atoms with van der Waals surface area (Å²) >= 11 is 0. The topological polar surface area (TPSA) is 75.6 Å². The summed E-state index contributed by atoms with van der Waals surface area (Å²) in [6.45, 7) is 6.19. The lowest BCUT2D eigenvalue weighted by Gasteiger charge is -2.26. The van der Waals surface area contributed by atoms with E-state index in [9.17, 15) is 9.59 Å². The predicted molar refractivity (Wildman–Crippen MR) is 108 cm³/mol. The molecule has 0 spiro atoms. The summed E-state index contributed by atoms with van der Waals surface area (Å²) in [4.78, 5) is 23.6. The Morgan fingerprint density at radius 1 is 1.00 bits per heavy atom. The number of ether oxygens (including phenoxy) is 1. The van der Waals surface area contributed by atoms with Crippen LogP contribution in [0, 0.1) is 11.8 Å². The number of hydrogen-bond donors (Lipinski definition) is 2. The maximum atomic E-state index is 12.4. The van der Waals surface area contributed by atoms with Crippen LogP contribution in [-0.2, 0) is 9.53 Å². The maximum Gasteiger partial charge on any atom is 0.407 e. The van der Waals surface area contributed by atoms with E-state index in [4.69, 9.17) is 9.84 Å². The lowest BCUT2D eigenvalue weighted by molar-refractivity contribution is -0.137. The minimum Gasteiger partial charge on any atom is -0.481 e. The fourth-order valence-corrected chi connectivity index (χ4v) is 3.81. The largest absolute Gasteiger partial charge is 0.481 e. The van der Waals surface area contributed by atoms with Crippen molar-refractivity contribution in [1.29, 1.82) is 0 Å². The first-order chi connectivity index (χ1) is 13.4. The number of carbonyl (C=O) groups is 2. The fraction of sp³-hybridized carbons (Fsp3) is 0.391. The van der Waals surface area contributed by atoms with E-state index in [0.717, 1.165) is 11.1 Å². The van der Waals surface area contributed by atoms with Crippen LogP contribution in [0.3, 0.4) is 0 Å². The molecule has 1 amide bonds. The van der Waals surface area contributed by atoms with Gasteiger partial charge >= 0.3 is 12.1 Å². The highest BCUT2D eigenvalue weighted by molar-refractivity contribution is 5.79. The molecular formula is C23H27NO4. The number of alkyl carbamates (subject to hydrolysis) is 1. The molecule has 3 rings (SSSR count). The van der Waals surface area contributed by atoms with Gasteiger partial charge in [0.2, 0.25) is 0 Å². The van der Waals surface area contributed by atoms with Gasteiger partial charge in [0.25, 0.3) is 0 Å². The van der Waals surface area contributed by atoms with E-state index in [0.29, 0.717) is 0 Å². The Hall–Kier alpha value is -2.82. The van der Waals surface area contributed by atoms with Crippen molar-refractivity contribution in [3.8, 4) is 11.1 Å². The molecule has 1 aliphatic carbocycles. The van der Waals surface area contributed by atoms with Crippen LogP contribution in [-0.4, -0.2) is 29.8 Å². The van der Waals surface area contributed by atoms with Gasteiger partial charge in [-0.2, -0.15) is 0 Å². The van der Waals surface area contributed by atoms with Gasteiger partial charge in [0.15, 0.2) is 0 Å². The highest BCUT2D eigenvalue weighted by Crippen LogP contribution is 2.44. The molecule has 0 aliphatic heterocycles. The van der Waals surface area contributed by atoms with Crippen molar-refractivity contribution in [2.24, 2.45) is 11.8 Å².